The largest absolute Gasteiger partial charge is 0.439 e. The predicted octanol–water partition coefficient (Wildman–Crippen LogP) is 13.5. The molecule has 0 saturated heterocycles. The maximum Gasteiger partial charge on any atom is 0.213 e. The van der Waals surface area contributed by atoms with Crippen LogP contribution in [0.2, 0.25) is 0 Å². The Hall–Kier alpha value is -6.71. The van der Waals surface area contributed by atoms with Gasteiger partial charge in [0, 0.05) is 43.6 Å². The predicted molar refractivity (Wildman–Crippen MR) is 221 cm³/mol. The van der Waals surface area contributed by atoms with Gasteiger partial charge in [0.15, 0.2) is 0 Å². The number of hydrogen-bond acceptors (Lipinski definition) is 2. The number of pyridine rings is 1. The summed E-state index contributed by atoms with van der Waals surface area (Å²) in [7, 11) is 0. The van der Waals surface area contributed by atoms with Gasteiger partial charge in [-0.1, -0.05) is 141 Å². The summed E-state index contributed by atoms with van der Waals surface area (Å²) in [4.78, 5) is 5.47. The minimum atomic E-state index is -0.178. The Balaban J connectivity index is 1.20. The van der Waals surface area contributed by atoms with E-state index in [2.05, 4.69) is 176 Å². The molecule has 3 heteroatoms. The third-order valence-corrected chi connectivity index (χ3v) is 11.9. The monoisotopic (exact) mass is 676 g/mol. The van der Waals surface area contributed by atoms with E-state index >= 15 is 0 Å². The number of para-hydroxylation sites is 2. The molecule has 0 fully saturated rings. The van der Waals surface area contributed by atoms with Crippen LogP contribution < -0.4 is 0 Å². The second-order valence-corrected chi connectivity index (χ2v) is 15.0. The number of furan rings is 1. The molecule has 0 bridgehead atoms. The maximum atomic E-state index is 6.85. The number of benzene rings is 8. The van der Waals surface area contributed by atoms with Gasteiger partial charge in [-0.2, -0.15) is 0 Å². The molecular formula is C50H32N2O. The summed E-state index contributed by atoms with van der Waals surface area (Å²) in [6.07, 6.45) is 0. The summed E-state index contributed by atoms with van der Waals surface area (Å²) >= 11 is 0. The first kappa shape index (κ1) is 28.9. The van der Waals surface area contributed by atoms with Crippen molar-refractivity contribution in [1.82, 2.24) is 9.55 Å². The summed E-state index contributed by atoms with van der Waals surface area (Å²) in [5.41, 5.74) is 12.2. The van der Waals surface area contributed by atoms with Gasteiger partial charge in [0.2, 0.25) is 5.71 Å². The third-order valence-electron chi connectivity index (χ3n) is 11.9. The molecule has 0 N–H and O–H groups in total. The first-order valence-electron chi connectivity index (χ1n) is 18.4. The highest BCUT2D eigenvalue weighted by Crippen LogP contribution is 2.54. The highest BCUT2D eigenvalue weighted by Gasteiger charge is 2.39. The minimum Gasteiger partial charge on any atom is -0.439 e. The average molecular weight is 677 g/mol. The average Bonchev–Trinajstić information content (AvgIpc) is 3.82. The number of nitrogens with zero attached hydrogens (tertiary/aromatic N) is 2. The molecule has 0 atom stereocenters. The fourth-order valence-corrected chi connectivity index (χ4v) is 9.73. The Bertz CT molecular complexity index is 3380. The van der Waals surface area contributed by atoms with Gasteiger partial charge in [-0.25, -0.2) is 4.98 Å². The number of hydrogen-bond donors (Lipinski definition) is 0. The van der Waals surface area contributed by atoms with Crippen molar-refractivity contribution in [2.24, 2.45) is 0 Å². The van der Waals surface area contributed by atoms with Crippen LogP contribution in [-0.4, -0.2) is 9.55 Å². The van der Waals surface area contributed by atoms with Crippen molar-refractivity contribution >= 4 is 76.2 Å². The molecule has 0 spiro atoms. The van der Waals surface area contributed by atoms with E-state index in [1.165, 1.54) is 70.7 Å². The zero-order valence-corrected chi connectivity index (χ0v) is 29.3. The van der Waals surface area contributed by atoms with Crippen LogP contribution in [0.1, 0.15) is 25.0 Å². The van der Waals surface area contributed by atoms with E-state index in [1.807, 2.05) is 0 Å². The van der Waals surface area contributed by atoms with E-state index in [-0.39, 0.29) is 5.41 Å². The maximum absolute atomic E-state index is 6.85. The molecule has 248 valence electrons. The summed E-state index contributed by atoms with van der Waals surface area (Å²) in [5.74, 6) is 0. The molecule has 1 aliphatic rings. The Morgan fingerprint density at radius 3 is 1.98 bits per heavy atom. The van der Waals surface area contributed by atoms with E-state index in [0.717, 1.165) is 44.7 Å². The molecule has 0 aliphatic heterocycles. The van der Waals surface area contributed by atoms with Crippen molar-refractivity contribution in [2.75, 3.05) is 0 Å². The molecule has 3 aromatic heterocycles. The molecule has 1 aliphatic carbocycles. The molecule has 0 radical (unpaired) electrons. The van der Waals surface area contributed by atoms with Gasteiger partial charge in [-0.3, -0.25) is 4.57 Å². The molecule has 0 unspecified atom stereocenters. The van der Waals surface area contributed by atoms with Gasteiger partial charge in [-0.15, -0.1) is 0 Å². The minimum absolute atomic E-state index is 0.178. The smallest absolute Gasteiger partial charge is 0.213 e. The van der Waals surface area contributed by atoms with E-state index in [4.69, 9.17) is 9.40 Å². The SMILES string of the molecule is CC1(C)c2ccccc2-c2ccc3c(c21)c1c2ccccc2oc1n3-c1cccc(-c2nc3ccccc3c3c4ccccc4c4ccccc4c23)c1. The van der Waals surface area contributed by atoms with Gasteiger partial charge < -0.3 is 4.42 Å². The first-order valence-corrected chi connectivity index (χ1v) is 18.4. The lowest BCUT2D eigenvalue weighted by Crippen LogP contribution is -2.15. The van der Waals surface area contributed by atoms with Crippen LogP contribution in [0.25, 0.3) is 104 Å². The van der Waals surface area contributed by atoms with Crippen LogP contribution >= 0.6 is 0 Å². The molecule has 0 saturated carbocycles. The van der Waals surface area contributed by atoms with Gasteiger partial charge in [0.25, 0.3) is 0 Å². The second-order valence-electron chi connectivity index (χ2n) is 15.0. The van der Waals surface area contributed by atoms with Crippen LogP contribution in [0.3, 0.4) is 0 Å². The van der Waals surface area contributed by atoms with E-state index in [1.54, 1.807) is 0 Å². The van der Waals surface area contributed by atoms with Crippen molar-refractivity contribution < 1.29 is 4.42 Å². The van der Waals surface area contributed by atoms with Crippen molar-refractivity contribution in [1.29, 1.82) is 0 Å². The lowest BCUT2D eigenvalue weighted by molar-refractivity contribution is 0.645. The molecular weight excluding hydrogens is 645 g/mol. The molecule has 53 heavy (non-hydrogen) atoms. The molecule has 12 rings (SSSR count). The molecule has 3 nitrogen and oxygen atoms in total. The van der Waals surface area contributed by atoms with Crippen molar-refractivity contribution in [3.8, 4) is 28.1 Å². The van der Waals surface area contributed by atoms with Crippen LogP contribution in [0.4, 0.5) is 0 Å². The summed E-state index contributed by atoms with van der Waals surface area (Å²) in [6.45, 7) is 4.74. The quantitative estimate of drug-likeness (QED) is 0.171. The second kappa shape index (κ2) is 10.2. The topological polar surface area (TPSA) is 31.0 Å². The zero-order valence-electron chi connectivity index (χ0n) is 29.3. The Morgan fingerprint density at radius 1 is 0.509 bits per heavy atom. The fraction of sp³-hybridized carbons (Fsp3) is 0.0600. The lowest BCUT2D eigenvalue weighted by Gasteiger charge is -2.22. The molecule has 3 heterocycles. The van der Waals surface area contributed by atoms with Crippen LogP contribution in [0.15, 0.2) is 162 Å². The van der Waals surface area contributed by atoms with Crippen LogP contribution in [0, 0.1) is 0 Å². The van der Waals surface area contributed by atoms with Crippen LogP contribution in [0.5, 0.6) is 0 Å². The fourth-order valence-electron chi connectivity index (χ4n) is 9.73. The molecule has 0 amide bonds. The number of aromatic nitrogens is 2. The van der Waals surface area contributed by atoms with Crippen molar-refractivity contribution in [3.63, 3.8) is 0 Å². The normalized spacial score (nSPS) is 13.6. The first-order chi connectivity index (χ1) is 26.1. The van der Waals surface area contributed by atoms with Gasteiger partial charge in [0.1, 0.15) is 5.58 Å². The Labute approximate surface area is 305 Å². The highest BCUT2D eigenvalue weighted by molar-refractivity contribution is 6.33. The van der Waals surface area contributed by atoms with E-state index in [0.29, 0.717) is 0 Å². The summed E-state index contributed by atoms with van der Waals surface area (Å²) in [6, 6.07) is 57.0. The summed E-state index contributed by atoms with van der Waals surface area (Å²) in [5, 5.41) is 12.1. The summed E-state index contributed by atoms with van der Waals surface area (Å²) < 4.78 is 9.19. The van der Waals surface area contributed by atoms with E-state index < -0.39 is 0 Å². The van der Waals surface area contributed by atoms with Gasteiger partial charge >= 0.3 is 0 Å². The van der Waals surface area contributed by atoms with Gasteiger partial charge in [0.05, 0.1) is 22.1 Å². The van der Waals surface area contributed by atoms with Gasteiger partial charge in [-0.05, 0) is 74.1 Å². The number of rotatable bonds is 2. The molecule has 8 aromatic carbocycles. The Morgan fingerprint density at radius 2 is 1.17 bits per heavy atom. The van der Waals surface area contributed by atoms with Crippen molar-refractivity contribution in [3.05, 3.63) is 169 Å². The zero-order chi connectivity index (χ0) is 35.0. The van der Waals surface area contributed by atoms with Crippen molar-refractivity contribution in [2.45, 2.75) is 19.3 Å². The molecule has 11 aromatic rings. The Kier molecular flexibility index (Phi) is 5.57. The standard InChI is InChI=1S/C50H32N2O/c1-50(2)39-23-10-7-18-33(39)36-26-27-41-46(47(36)50)45-38-22-9-12-25-42(38)53-49(45)52(41)30-15-13-14-29(28-30)48-44-35-20-6-4-17-32(35)31-16-3-5-19-34(31)43(44)37-21-8-11-24-40(37)51-48/h3-28H,1-2H3. The third kappa shape index (κ3) is 3.71. The van der Waals surface area contributed by atoms with Crippen LogP contribution in [-0.2, 0) is 5.41 Å². The number of fused-ring (bicyclic) bond motifs is 17. The lowest BCUT2D eigenvalue weighted by atomic mass is 9.80. The van der Waals surface area contributed by atoms with E-state index in [9.17, 15) is 0 Å². The highest BCUT2D eigenvalue weighted by atomic mass is 16.3.